The van der Waals surface area contributed by atoms with E-state index < -0.39 is 0 Å². The molecule has 4 nitrogen and oxygen atoms in total. The fourth-order valence-electron chi connectivity index (χ4n) is 1.79. The average molecular weight is 303 g/mol. The highest BCUT2D eigenvalue weighted by Crippen LogP contribution is 2.18. The Bertz CT molecular complexity index is 596. The second-order valence-corrected chi connectivity index (χ2v) is 6.13. The maximum atomic E-state index is 9.67. The maximum Gasteiger partial charge on any atom is 0.183 e. The van der Waals surface area contributed by atoms with Gasteiger partial charge in [0.2, 0.25) is 0 Å². The summed E-state index contributed by atoms with van der Waals surface area (Å²) in [6, 6.07) is 0.357. The van der Waals surface area contributed by atoms with Crippen LogP contribution in [0.25, 0.3) is 0 Å². The molecule has 5 heteroatoms. The Morgan fingerprint density at radius 1 is 1.33 bits per heavy atom. The number of aromatic nitrogens is 1. The van der Waals surface area contributed by atoms with Gasteiger partial charge in [-0.2, -0.15) is 0 Å². The number of nitrogens with one attached hydrogen (secondary N) is 1. The van der Waals surface area contributed by atoms with Crippen molar-refractivity contribution in [3.63, 3.8) is 0 Å². The summed E-state index contributed by atoms with van der Waals surface area (Å²) in [5.41, 5.74) is 1.71. The molecule has 2 heterocycles. The molecule has 1 atom stereocenters. The molecule has 0 bridgehead atoms. The molecule has 0 spiro atoms. The molecule has 0 aromatic carbocycles. The van der Waals surface area contributed by atoms with Gasteiger partial charge in [0.05, 0.1) is 12.3 Å². The van der Waals surface area contributed by atoms with Crippen LogP contribution in [-0.4, -0.2) is 28.4 Å². The lowest BCUT2D eigenvalue weighted by Crippen LogP contribution is -2.09. The van der Waals surface area contributed by atoms with E-state index in [1.54, 1.807) is 23.5 Å². The SMILES string of the molecule is CC1/C=C\C(c2csc(NC(C)C)n2)=NC/C=C(O)\C=C/1. The van der Waals surface area contributed by atoms with Crippen molar-refractivity contribution in [2.75, 3.05) is 11.9 Å². The molecule has 2 rings (SSSR count). The third kappa shape index (κ3) is 4.86. The molecule has 1 unspecified atom stereocenters. The zero-order chi connectivity index (χ0) is 15.2. The Morgan fingerprint density at radius 3 is 2.86 bits per heavy atom. The molecule has 1 aromatic heterocycles. The maximum absolute atomic E-state index is 9.67. The summed E-state index contributed by atoms with van der Waals surface area (Å²) in [6.07, 6.45) is 9.42. The Morgan fingerprint density at radius 2 is 2.10 bits per heavy atom. The van der Waals surface area contributed by atoms with Crippen molar-refractivity contribution in [2.24, 2.45) is 10.9 Å². The van der Waals surface area contributed by atoms with E-state index in [0.29, 0.717) is 12.6 Å². The van der Waals surface area contributed by atoms with Gasteiger partial charge in [-0.25, -0.2) is 4.98 Å². The van der Waals surface area contributed by atoms with Crippen LogP contribution >= 0.6 is 11.3 Å². The third-order valence-corrected chi connectivity index (χ3v) is 3.64. The number of aliphatic hydroxyl groups excluding tert-OH is 1. The molecule has 1 aliphatic heterocycles. The first-order valence-electron chi connectivity index (χ1n) is 7.07. The van der Waals surface area contributed by atoms with Crippen LogP contribution in [0, 0.1) is 5.92 Å². The van der Waals surface area contributed by atoms with Crippen molar-refractivity contribution in [1.29, 1.82) is 0 Å². The van der Waals surface area contributed by atoms with Gasteiger partial charge in [0.25, 0.3) is 0 Å². The van der Waals surface area contributed by atoms with Crippen LogP contribution in [0.15, 0.2) is 46.5 Å². The van der Waals surface area contributed by atoms with Gasteiger partial charge in [0, 0.05) is 11.4 Å². The van der Waals surface area contributed by atoms with E-state index in [9.17, 15) is 5.11 Å². The van der Waals surface area contributed by atoms with E-state index in [0.717, 1.165) is 16.5 Å². The second kappa shape index (κ2) is 7.22. The number of hydrogen-bond acceptors (Lipinski definition) is 5. The Balaban J connectivity index is 2.23. The lowest BCUT2D eigenvalue weighted by atomic mass is 10.1. The van der Waals surface area contributed by atoms with Crippen LogP contribution in [0.5, 0.6) is 0 Å². The minimum absolute atomic E-state index is 0.232. The number of thiazole rings is 1. The molecule has 112 valence electrons. The van der Waals surface area contributed by atoms with Gasteiger partial charge in [0.15, 0.2) is 5.13 Å². The molecule has 1 aliphatic rings. The topological polar surface area (TPSA) is 57.5 Å². The van der Waals surface area contributed by atoms with Crippen LogP contribution in [0.1, 0.15) is 26.5 Å². The highest BCUT2D eigenvalue weighted by molar-refractivity contribution is 7.13. The summed E-state index contributed by atoms with van der Waals surface area (Å²) in [6.45, 7) is 6.67. The first-order valence-corrected chi connectivity index (χ1v) is 7.95. The molecular formula is C16H21N3OS. The van der Waals surface area contributed by atoms with Crippen LogP contribution in [0.4, 0.5) is 5.13 Å². The largest absolute Gasteiger partial charge is 0.508 e. The molecule has 2 N–H and O–H groups in total. The lowest BCUT2D eigenvalue weighted by Gasteiger charge is -2.05. The number of nitrogens with zero attached hydrogens (tertiary/aromatic N) is 2. The van der Waals surface area contributed by atoms with E-state index in [1.807, 2.05) is 17.5 Å². The fraction of sp³-hybridized carbons (Fsp3) is 0.375. The summed E-state index contributed by atoms with van der Waals surface area (Å²) < 4.78 is 0. The zero-order valence-electron chi connectivity index (χ0n) is 12.6. The van der Waals surface area contributed by atoms with Crippen LogP contribution in [-0.2, 0) is 0 Å². The predicted octanol–water partition coefficient (Wildman–Crippen LogP) is 3.96. The van der Waals surface area contributed by atoms with Crippen molar-refractivity contribution >= 4 is 22.2 Å². The van der Waals surface area contributed by atoms with Gasteiger partial charge in [0.1, 0.15) is 11.5 Å². The van der Waals surface area contributed by atoms with Gasteiger partial charge >= 0.3 is 0 Å². The summed E-state index contributed by atoms with van der Waals surface area (Å²) >= 11 is 1.58. The molecule has 0 saturated heterocycles. The highest BCUT2D eigenvalue weighted by Gasteiger charge is 2.08. The van der Waals surface area contributed by atoms with Gasteiger partial charge < -0.3 is 10.4 Å². The van der Waals surface area contributed by atoms with Crippen molar-refractivity contribution in [3.8, 4) is 0 Å². The second-order valence-electron chi connectivity index (χ2n) is 5.27. The molecule has 0 aliphatic carbocycles. The Kier molecular flexibility index (Phi) is 5.33. The average Bonchev–Trinajstić information content (AvgIpc) is 2.87. The van der Waals surface area contributed by atoms with Crippen molar-refractivity contribution in [1.82, 2.24) is 4.98 Å². The Labute approximate surface area is 129 Å². The molecule has 0 saturated carbocycles. The number of allylic oxidation sites excluding steroid dienone is 4. The van der Waals surface area contributed by atoms with E-state index in [2.05, 4.69) is 42.1 Å². The van der Waals surface area contributed by atoms with Crippen LogP contribution in [0.2, 0.25) is 0 Å². The van der Waals surface area contributed by atoms with Gasteiger partial charge in [-0.05, 0) is 38.0 Å². The van der Waals surface area contributed by atoms with Gasteiger partial charge in [-0.1, -0.05) is 19.1 Å². The third-order valence-electron chi connectivity index (χ3n) is 2.87. The zero-order valence-corrected chi connectivity index (χ0v) is 13.4. The number of rotatable bonds is 3. The summed E-state index contributed by atoms with van der Waals surface area (Å²) in [7, 11) is 0. The van der Waals surface area contributed by atoms with Gasteiger partial charge in [-0.15, -0.1) is 11.3 Å². The van der Waals surface area contributed by atoms with Crippen molar-refractivity contribution in [3.05, 3.63) is 47.2 Å². The number of anilines is 1. The molecular weight excluding hydrogens is 282 g/mol. The van der Waals surface area contributed by atoms with Crippen molar-refractivity contribution in [2.45, 2.75) is 26.8 Å². The minimum Gasteiger partial charge on any atom is -0.508 e. The first-order chi connectivity index (χ1) is 10.0. The standard InChI is InChI=1S/C16H21N3OS/c1-11(2)18-16-19-15(10-21-16)14-7-5-12(3)4-6-13(20)8-9-17-14/h4-8,10-12,20H,9H2,1-3H3,(H,18,19)/b6-4-,7-5-,13-8+,17-14?. The first kappa shape index (κ1) is 15.5. The van der Waals surface area contributed by atoms with Crippen molar-refractivity contribution < 1.29 is 5.11 Å². The quantitative estimate of drug-likeness (QED) is 0.888. The number of aliphatic hydroxyl groups is 1. The van der Waals surface area contributed by atoms with E-state index in [4.69, 9.17) is 0 Å². The van der Waals surface area contributed by atoms with E-state index in [1.165, 1.54) is 0 Å². The van der Waals surface area contributed by atoms with E-state index >= 15 is 0 Å². The molecule has 0 radical (unpaired) electrons. The predicted molar refractivity (Wildman–Crippen MR) is 90.4 cm³/mol. The summed E-state index contributed by atoms with van der Waals surface area (Å²) in [5, 5.41) is 15.9. The molecule has 1 aromatic rings. The smallest absolute Gasteiger partial charge is 0.183 e. The highest BCUT2D eigenvalue weighted by atomic mass is 32.1. The molecule has 21 heavy (non-hydrogen) atoms. The molecule has 0 amide bonds. The van der Waals surface area contributed by atoms with Crippen LogP contribution < -0.4 is 5.32 Å². The summed E-state index contributed by atoms with van der Waals surface area (Å²) in [4.78, 5) is 9.08. The van der Waals surface area contributed by atoms with Crippen LogP contribution in [0.3, 0.4) is 0 Å². The fourth-order valence-corrected chi connectivity index (χ4v) is 2.64. The minimum atomic E-state index is 0.232. The number of aliphatic imine (C=N–C) groups is 1. The van der Waals surface area contributed by atoms with Gasteiger partial charge in [-0.3, -0.25) is 4.99 Å². The normalized spacial score (nSPS) is 24.9. The lowest BCUT2D eigenvalue weighted by molar-refractivity contribution is 0.430. The summed E-state index contributed by atoms with van der Waals surface area (Å²) in [5.74, 6) is 0.483. The van der Waals surface area contributed by atoms with E-state index in [-0.39, 0.29) is 11.7 Å². The monoisotopic (exact) mass is 303 g/mol. The number of hydrogen-bond donors (Lipinski definition) is 2. The Hall–Kier alpha value is -1.88. The molecule has 0 fully saturated rings.